The first-order valence-electron chi connectivity index (χ1n) is 4.93. The minimum absolute atomic E-state index is 0.0791. The van der Waals surface area contributed by atoms with Gasteiger partial charge in [-0.1, -0.05) is 31.2 Å². The molecule has 3 unspecified atom stereocenters. The molecule has 13 heavy (non-hydrogen) atoms. The first-order valence-corrected chi connectivity index (χ1v) is 4.93. The Labute approximate surface area is 79.4 Å². The van der Waals surface area contributed by atoms with Crippen LogP contribution in [-0.4, -0.2) is 11.2 Å². The van der Waals surface area contributed by atoms with Crippen LogP contribution in [0.3, 0.4) is 0 Å². The van der Waals surface area contributed by atoms with Gasteiger partial charge in [0.15, 0.2) is 0 Å². The van der Waals surface area contributed by atoms with Crippen molar-refractivity contribution < 1.29 is 5.11 Å². The molecule has 0 bridgehead atoms. The van der Waals surface area contributed by atoms with E-state index in [0.717, 1.165) is 6.42 Å². The van der Waals surface area contributed by atoms with Gasteiger partial charge >= 0.3 is 0 Å². The summed E-state index contributed by atoms with van der Waals surface area (Å²) in [6.07, 6.45) is 0.857. The van der Waals surface area contributed by atoms with Crippen LogP contribution < -0.4 is 0 Å². The molecule has 0 radical (unpaired) electrons. The highest BCUT2D eigenvalue weighted by molar-refractivity contribution is 5.31. The average molecular weight is 176 g/mol. The molecule has 1 aliphatic rings. The van der Waals surface area contributed by atoms with E-state index < -0.39 is 0 Å². The number of rotatable bonds is 1. The molecule has 3 atom stereocenters. The maximum atomic E-state index is 9.44. The second-order valence-electron chi connectivity index (χ2n) is 4.13. The summed E-state index contributed by atoms with van der Waals surface area (Å²) in [4.78, 5) is 0. The molecular formula is C12H16O. The molecule has 1 saturated carbocycles. The lowest BCUT2D eigenvalue weighted by atomic mass is 9.68. The largest absolute Gasteiger partial charge is 0.393 e. The Hall–Kier alpha value is -0.820. The first-order chi connectivity index (χ1) is 6.20. The van der Waals surface area contributed by atoms with Crippen molar-refractivity contribution in [1.82, 2.24) is 0 Å². The molecule has 0 aliphatic heterocycles. The third-order valence-electron chi connectivity index (χ3n) is 3.32. The highest BCUT2D eigenvalue weighted by atomic mass is 16.3. The van der Waals surface area contributed by atoms with Gasteiger partial charge in [0, 0.05) is 0 Å². The van der Waals surface area contributed by atoms with E-state index in [1.54, 1.807) is 0 Å². The summed E-state index contributed by atoms with van der Waals surface area (Å²) in [7, 11) is 0. The van der Waals surface area contributed by atoms with Crippen LogP contribution >= 0.6 is 0 Å². The number of aryl methyl sites for hydroxylation is 1. The van der Waals surface area contributed by atoms with Crippen molar-refractivity contribution in [2.24, 2.45) is 5.92 Å². The van der Waals surface area contributed by atoms with Crippen LogP contribution in [-0.2, 0) is 0 Å². The predicted molar refractivity (Wildman–Crippen MR) is 53.7 cm³/mol. The van der Waals surface area contributed by atoms with Crippen LogP contribution in [0.1, 0.15) is 30.4 Å². The Morgan fingerprint density at radius 1 is 1.31 bits per heavy atom. The lowest BCUT2D eigenvalue weighted by Gasteiger charge is -2.40. The zero-order valence-corrected chi connectivity index (χ0v) is 8.20. The van der Waals surface area contributed by atoms with Crippen molar-refractivity contribution in [2.45, 2.75) is 32.3 Å². The van der Waals surface area contributed by atoms with Gasteiger partial charge in [-0.2, -0.15) is 0 Å². The zero-order valence-electron chi connectivity index (χ0n) is 8.20. The van der Waals surface area contributed by atoms with Crippen LogP contribution in [0.15, 0.2) is 24.3 Å². The molecule has 0 spiro atoms. The lowest BCUT2D eigenvalue weighted by Crippen LogP contribution is -2.37. The van der Waals surface area contributed by atoms with Crippen LogP contribution in [0.5, 0.6) is 0 Å². The van der Waals surface area contributed by atoms with Gasteiger partial charge < -0.3 is 5.11 Å². The topological polar surface area (TPSA) is 20.2 Å². The van der Waals surface area contributed by atoms with Gasteiger partial charge in [0.05, 0.1) is 6.10 Å². The van der Waals surface area contributed by atoms with Crippen LogP contribution in [0.4, 0.5) is 0 Å². The molecule has 0 saturated heterocycles. The highest BCUT2D eigenvalue weighted by Crippen LogP contribution is 2.43. The molecule has 1 nitrogen and oxygen atoms in total. The third kappa shape index (κ3) is 1.37. The quantitative estimate of drug-likeness (QED) is 0.697. The SMILES string of the molecule is Cc1ccccc1C1CC(O)C1C. The molecule has 1 heteroatoms. The van der Waals surface area contributed by atoms with E-state index in [0.29, 0.717) is 11.8 Å². The molecule has 0 aromatic heterocycles. The van der Waals surface area contributed by atoms with Gasteiger partial charge in [0.2, 0.25) is 0 Å². The predicted octanol–water partition coefficient (Wildman–Crippen LogP) is 2.48. The van der Waals surface area contributed by atoms with Crippen molar-refractivity contribution in [3.8, 4) is 0 Å². The molecule has 1 aliphatic carbocycles. The molecule has 70 valence electrons. The normalized spacial score (nSPS) is 32.7. The van der Waals surface area contributed by atoms with Crippen molar-refractivity contribution in [3.05, 3.63) is 35.4 Å². The Balaban J connectivity index is 2.23. The van der Waals surface area contributed by atoms with E-state index in [1.807, 2.05) is 0 Å². The summed E-state index contributed by atoms with van der Waals surface area (Å²) in [6.45, 7) is 4.28. The van der Waals surface area contributed by atoms with E-state index in [1.165, 1.54) is 11.1 Å². The van der Waals surface area contributed by atoms with Gasteiger partial charge in [-0.15, -0.1) is 0 Å². The third-order valence-corrected chi connectivity index (χ3v) is 3.32. The monoisotopic (exact) mass is 176 g/mol. The number of aliphatic hydroxyl groups excluding tert-OH is 1. The molecule has 0 heterocycles. The molecule has 1 N–H and O–H groups in total. The summed E-state index contributed by atoms with van der Waals surface area (Å²) in [5.41, 5.74) is 2.77. The fourth-order valence-corrected chi connectivity index (χ4v) is 2.17. The minimum Gasteiger partial charge on any atom is -0.393 e. The molecule has 0 amide bonds. The summed E-state index contributed by atoms with van der Waals surface area (Å²) in [6, 6.07) is 8.48. The highest BCUT2D eigenvalue weighted by Gasteiger charge is 2.37. The maximum Gasteiger partial charge on any atom is 0.0577 e. The summed E-state index contributed by atoms with van der Waals surface area (Å²) < 4.78 is 0. The van der Waals surface area contributed by atoms with Crippen molar-refractivity contribution in [2.75, 3.05) is 0 Å². The lowest BCUT2D eigenvalue weighted by molar-refractivity contribution is 0.0115. The average Bonchev–Trinajstić information content (AvgIpc) is 2.15. The van der Waals surface area contributed by atoms with Gasteiger partial charge in [0.1, 0.15) is 0 Å². The second-order valence-corrected chi connectivity index (χ2v) is 4.13. The van der Waals surface area contributed by atoms with Gasteiger partial charge in [-0.3, -0.25) is 0 Å². The van der Waals surface area contributed by atoms with Crippen molar-refractivity contribution >= 4 is 0 Å². The van der Waals surface area contributed by atoms with E-state index in [4.69, 9.17) is 0 Å². The van der Waals surface area contributed by atoms with E-state index in [-0.39, 0.29) is 6.10 Å². The number of hydrogen-bond acceptors (Lipinski definition) is 1. The summed E-state index contributed by atoms with van der Waals surface area (Å²) in [5.74, 6) is 1.01. The molecule has 2 rings (SSSR count). The standard InChI is InChI=1S/C12H16O/c1-8-5-3-4-6-10(8)11-7-12(13)9(11)2/h3-6,9,11-13H,7H2,1-2H3. The van der Waals surface area contributed by atoms with E-state index in [9.17, 15) is 5.11 Å². The Bertz CT molecular complexity index is 306. The van der Waals surface area contributed by atoms with Gasteiger partial charge in [0.25, 0.3) is 0 Å². The van der Waals surface area contributed by atoms with Crippen molar-refractivity contribution in [3.63, 3.8) is 0 Å². The van der Waals surface area contributed by atoms with E-state index >= 15 is 0 Å². The molecular weight excluding hydrogens is 160 g/mol. The van der Waals surface area contributed by atoms with E-state index in [2.05, 4.69) is 38.1 Å². The Morgan fingerprint density at radius 2 is 2.00 bits per heavy atom. The van der Waals surface area contributed by atoms with Crippen LogP contribution in [0, 0.1) is 12.8 Å². The Morgan fingerprint density at radius 3 is 2.54 bits per heavy atom. The fourth-order valence-electron chi connectivity index (χ4n) is 2.17. The van der Waals surface area contributed by atoms with Crippen LogP contribution in [0.25, 0.3) is 0 Å². The maximum absolute atomic E-state index is 9.44. The second kappa shape index (κ2) is 3.15. The summed E-state index contributed by atoms with van der Waals surface area (Å²) >= 11 is 0. The molecule has 1 fully saturated rings. The minimum atomic E-state index is -0.0791. The summed E-state index contributed by atoms with van der Waals surface area (Å²) in [5, 5.41) is 9.44. The molecule has 1 aromatic rings. The zero-order chi connectivity index (χ0) is 9.42. The van der Waals surface area contributed by atoms with Crippen molar-refractivity contribution in [1.29, 1.82) is 0 Å². The fraction of sp³-hybridized carbons (Fsp3) is 0.500. The number of benzene rings is 1. The number of aliphatic hydroxyl groups is 1. The van der Waals surface area contributed by atoms with Gasteiger partial charge in [-0.05, 0) is 36.3 Å². The Kier molecular flexibility index (Phi) is 2.12. The smallest absolute Gasteiger partial charge is 0.0577 e. The van der Waals surface area contributed by atoms with Gasteiger partial charge in [-0.25, -0.2) is 0 Å². The van der Waals surface area contributed by atoms with Crippen LogP contribution in [0.2, 0.25) is 0 Å². The first kappa shape index (κ1) is 8.76. The molecule has 1 aromatic carbocycles. The number of hydrogen-bond donors (Lipinski definition) is 1.